The summed E-state index contributed by atoms with van der Waals surface area (Å²) in [6, 6.07) is 10.6. The van der Waals surface area contributed by atoms with Gasteiger partial charge in [0.1, 0.15) is 0 Å². The van der Waals surface area contributed by atoms with Crippen LogP contribution < -0.4 is 10.6 Å². The van der Waals surface area contributed by atoms with Gasteiger partial charge in [-0.25, -0.2) is 0 Å². The molecule has 2 aromatic rings. The van der Waals surface area contributed by atoms with Crippen LogP contribution >= 0.6 is 22.9 Å². The number of nitrogens with one attached hydrogen (secondary N) is 2. The van der Waals surface area contributed by atoms with Gasteiger partial charge in [-0.15, -0.1) is 11.3 Å². The molecule has 0 fully saturated rings. The molecule has 0 aliphatic carbocycles. The molecule has 4 nitrogen and oxygen atoms in total. The zero-order valence-electron chi connectivity index (χ0n) is 11.6. The lowest BCUT2D eigenvalue weighted by Gasteiger charge is -2.13. The van der Waals surface area contributed by atoms with Crippen molar-refractivity contribution in [3.8, 4) is 0 Å². The first kappa shape index (κ1) is 15.5. The van der Waals surface area contributed by atoms with E-state index in [9.17, 15) is 9.59 Å². The molecule has 0 spiro atoms. The second-order valence-electron chi connectivity index (χ2n) is 4.59. The molecule has 2 amide bonds. The van der Waals surface area contributed by atoms with Gasteiger partial charge in [-0.2, -0.15) is 0 Å². The number of hydrogen-bond acceptors (Lipinski definition) is 3. The number of hydrogen-bond donors (Lipinski definition) is 2. The minimum absolute atomic E-state index is 0.124. The van der Waals surface area contributed by atoms with Crippen LogP contribution in [0.15, 0.2) is 36.4 Å². The second kappa shape index (κ2) is 6.74. The maximum Gasteiger partial charge on any atom is 0.261 e. The minimum atomic E-state index is -0.168. The Hall–Kier alpha value is -1.85. The van der Waals surface area contributed by atoms with E-state index in [1.807, 2.05) is 19.1 Å². The summed E-state index contributed by atoms with van der Waals surface area (Å²) in [7, 11) is 0. The summed E-state index contributed by atoms with van der Waals surface area (Å²) in [6.07, 6.45) is 0. The molecule has 0 saturated heterocycles. The molecular formula is C15H15ClN2O2S. The highest BCUT2D eigenvalue weighted by Crippen LogP contribution is 2.23. The molecule has 2 N–H and O–H groups in total. The lowest BCUT2D eigenvalue weighted by Crippen LogP contribution is -2.25. The smallest absolute Gasteiger partial charge is 0.261 e. The molecule has 0 saturated carbocycles. The molecule has 1 atom stereocenters. The summed E-state index contributed by atoms with van der Waals surface area (Å²) >= 11 is 7.09. The third kappa shape index (κ3) is 4.31. The van der Waals surface area contributed by atoms with E-state index in [4.69, 9.17) is 11.6 Å². The fraction of sp³-hybridized carbons (Fsp3) is 0.200. The maximum absolute atomic E-state index is 12.2. The average Bonchev–Trinajstić information content (AvgIpc) is 2.87. The number of rotatable bonds is 4. The van der Waals surface area contributed by atoms with Gasteiger partial charge in [0.25, 0.3) is 5.91 Å². The van der Waals surface area contributed by atoms with Gasteiger partial charge in [-0.3, -0.25) is 9.59 Å². The monoisotopic (exact) mass is 322 g/mol. The molecular weight excluding hydrogens is 308 g/mol. The van der Waals surface area contributed by atoms with E-state index in [0.29, 0.717) is 14.9 Å². The first-order valence-corrected chi connectivity index (χ1v) is 7.59. The fourth-order valence-corrected chi connectivity index (χ4v) is 2.78. The predicted octanol–water partition coefficient (Wildman–Crippen LogP) is 3.85. The van der Waals surface area contributed by atoms with E-state index in [1.54, 1.807) is 24.3 Å². The van der Waals surface area contributed by atoms with Gasteiger partial charge in [0.2, 0.25) is 5.91 Å². The molecule has 110 valence electrons. The lowest BCUT2D eigenvalue weighted by molar-refractivity contribution is -0.114. The van der Waals surface area contributed by atoms with Crippen LogP contribution in [-0.2, 0) is 4.79 Å². The van der Waals surface area contributed by atoms with E-state index >= 15 is 0 Å². The standard InChI is InChI=1S/C15H15ClN2O2S/c1-9(11-3-5-12(16)6-4-11)17-15(20)13-7-8-14(21-13)18-10(2)19/h3-9H,1-2H3,(H,17,20)(H,18,19). The van der Waals surface area contributed by atoms with Gasteiger partial charge in [0, 0.05) is 11.9 Å². The Labute approximate surface area is 132 Å². The van der Waals surface area contributed by atoms with Crippen LogP contribution in [0.3, 0.4) is 0 Å². The van der Waals surface area contributed by atoms with Crippen molar-refractivity contribution in [1.29, 1.82) is 0 Å². The molecule has 0 aliphatic heterocycles. The molecule has 1 aromatic heterocycles. The Kier molecular flexibility index (Phi) is 4.98. The van der Waals surface area contributed by atoms with Gasteiger partial charge in [0.05, 0.1) is 15.9 Å². The van der Waals surface area contributed by atoms with E-state index in [1.165, 1.54) is 18.3 Å². The van der Waals surface area contributed by atoms with Crippen LogP contribution in [0.25, 0.3) is 0 Å². The Morgan fingerprint density at radius 2 is 1.81 bits per heavy atom. The third-order valence-corrected chi connectivity index (χ3v) is 4.10. The highest BCUT2D eigenvalue weighted by molar-refractivity contribution is 7.18. The van der Waals surface area contributed by atoms with Crippen molar-refractivity contribution in [2.45, 2.75) is 19.9 Å². The van der Waals surface area contributed by atoms with E-state index in [-0.39, 0.29) is 17.9 Å². The number of benzene rings is 1. The van der Waals surface area contributed by atoms with E-state index < -0.39 is 0 Å². The normalized spacial score (nSPS) is 11.8. The summed E-state index contributed by atoms with van der Waals surface area (Å²) in [5.74, 6) is -0.322. The van der Waals surface area contributed by atoms with E-state index in [0.717, 1.165) is 5.56 Å². The van der Waals surface area contributed by atoms with Gasteiger partial charge in [-0.1, -0.05) is 23.7 Å². The van der Waals surface area contributed by atoms with Gasteiger partial charge in [-0.05, 0) is 36.8 Å². The predicted molar refractivity (Wildman–Crippen MR) is 86.0 cm³/mol. The molecule has 1 unspecified atom stereocenters. The van der Waals surface area contributed by atoms with Gasteiger partial charge in [0.15, 0.2) is 0 Å². The molecule has 2 rings (SSSR count). The summed E-state index contributed by atoms with van der Waals surface area (Å²) < 4.78 is 0. The van der Waals surface area contributed by atoms with Crippen LogP contribution in [0.1, 0.15) is 35.1 Å². The second-order valence-corrected chi connectivity index (χ2v) is 6.11. The summed E-state index contributed by atoms with van der Waals surface area (Å²) in [6.45, 7) is 3.34. The van der Waals surface area contributed by atoms with Crippen LogP contribution in [0.4, 0.5) is 5.00 Å². The Morgan fingerprint density at radius 3 is 2.43 bits per heavy atom. The number of carbonyl (C=O) groups excluding carboxylic acids is 2. The van der Waals surface area contributed by atoms with Crippen LogP contribution in [0.2, 0.25) is 5.02 Å². The zero-order valence-corrected chi connectivity index (χ0v) is 13.2. The quantitative estimate of drug-likeness (QED) is 0.898. The van der Waals surface area contributed by atoms with Crippen molar-refractivity contribution in [3.05, 3.63) is 51.9 Å². The number of carbonyl (C=O) groups is 2. The Balaban J connectivity index is 2.02. The number of amides is 2. The summed E-state index contributed by atoms with van der Waals surface area (Å²) in [5.41, 5.74) is 0.978. The van der Waals surface area contributed by atoms with Crippen molar-refractivity contribution in [2.24, 2.45) is 0 Å². The van der Waals surface area contributed by atoms with Gasteiger partial charge >= 0.3 is 0 Å². The minimum Gasteiger partial charge on any atom is -0.345 e. The van der Waals surface area contributed by atoms with Crippen LogP contribution in [-0.4, -0.2) is 11.8 Å². The van der Waals surface area contributed by atoms with E-state index in [2.05, 4.69) is 10.6 Å². The van der Waals surface area contributed by atoms with Crippen molar-refractivity contribution in [1.82, 2.24) is 5.32 Å². The summed E-state index contributed by atoms with van der Waals surface area (Å²) in [5, 5.41) is 6.89. The molecule has 0 bridgehead atoms. The van der Waals surface area contributed by atoms with Crippen LogP contribution in [0, 0.1) is 0 Å². The fourth-order valence-electron chi connectivity index (χ4n) is 1.80. The SMILES string of the molecule is CC(=O)Nc1ccc(C(=O)NC(C)c2ccc(Cl)cc2)s1. The average molecular weight is 323 g/mol. The highest BCUT2D eigenvalue weighted by atomic mass is 35.5. The molecule has 1 heterocycles. The van der Waals surface area contributed by atoms with Crippen molar-refractivity contribution >= 4 is 39.8 Å². The Bertz CT molecular complexity index is 652. The van der Waals surface area contributed by atoms with Gasteiger partial charge < -0.3 is 10.6 Å². The zero-order chi connectivity index (χ0) is 15.4. The van der Waals surface area contributed by atoms with Crippen molar-refractivity contribution < 1.29 is 9.59 Å². The first-order valence-electron chi connectivity index (χ1n) is 6.39. The third-order valence-electron chi connectivity index (χ3n) is 2.85. The van der Waals surface area contributed by atoms with Crippen LogP contribution in [0.5, 0.6) is 0 Å². The molecule has 1 aromatic carbocycles. The Morgan fingerprint density at radius 1 is 1.14 bits per heavy atom. The van der Waals surface area contributed by atoms with Crippen molar-refractivity contribution in [2.75, 3.05) is 5.32 Å². The molecule has 0 radical (unpaired) electrons. The maximum atomic E-state index is 12.2. The number of anilines is 1. The topological polar surface area (TPSA) is 58.2 Å². The molecule has 0 aliphatic rings. The lowest BCUT2D eigenvalue weighted by atomic mass is 10.1. The first-order chi connectivity index (χ1) is 9.95. The molecule has 21 heavy (non-hydrogen) atoms. The number of thiophene rings is 1. The number of halogens is 1. The largest absolute Gasteiger partial charge is 0.345 e. The summed E-state index contributed by atoms with van der Waals surface area (Å²) in [4.78, 5) is 23.7. The highest BCUT2D eigenvalue weighted by Gasteiger charge is 2.13. The van der Waals surface area contributed by atoms with Crippen molar-refractivity contribution in [3.63, 3.8) is 0 Å². The molecule has 6 heteroatoms.